The molecule has 5 heteroatoms. The van der Waals surface area contributed by atoms with Gasteiger partial charge in [-0.25, -0.2) is 4.79 Å². The molecule has 1 rings (SSSR count). The number of rotatable bonds is 4. The molecule has 0 N–H and O–H groups in total. The lowest BCUT2D eigenvalue weighted by atomic mass is 10.3. The average molecular weight is 203 g/mol. The van der Waals surface area contributed by atoms with Crippen LogP contribution in [0.3, 0.4) is 0 Å². The first-order chi connectivity index (χ1) is 6.77. The Hall–Kier alpha value is -0.650. The Labute approximate surface area is 83.9 Å². The summed E-state index contributed by atoms with van der Waals surface area (Å²) in [6, 6.07) is 0. The van der Waals surface area contributed by atoms with Crippen molar-refractivity contribution in [3.8, 4) is 0 Å². The number of nitrogens with zero attached hydrogens (tertiary/aromatic N) is 1. The third-order valence-corrected chi connectivity index (χ3v) is 2.11. The van der Waals surface area contributed by atoms with Crippen molar-refractivity contribution in [2.24, 2.45) is 0 Å². The minimum Gasteiger partial charge on any atom is -0.379 e. The number of morpholine rings is 1. The highest BCUT2D eigenvalue weighted by Crippen LogP contribution is 2.04. The fraction of sp³-hybridized carbons (Fsp3) is 0.889. The van der Waals surface area contributed by atoms with Gasteiger partial charge in [0.15, 0.2) is 6.10 Å². The van der Waals surface area contributed by atoms with Crippen LogP contribution in [-0.2, 0) is 19.1 Å². The largest absolute Gasteiger partial charge is 0.379 e. The van der Waals surface area contributed by atoms with Crippen molar-refractivity contribution in [1.82, 2.24) is 5.06 Å². The molecule has 0 aromatic heterocycles. The van der Waals surface area contributed by atoms with Gasteiger partial charge in [0.2, 0.25) is 0 Å². The van der Waals surface area contributed by atoms with Crippen LogP contribution >= 0.6 is 0 Å². The SMILES string of the molecule is CCC(OC)C(=O)ON1CCOCC1. The summed E-state index contributed by atoms with van der Waals surface area (Å²) in [6.07, 6.45) is 0.164. The molecule has 1 fully saturated rings. The second-order valence-electron chi connectivity index (χ2n) is 3.08. The lowest BCUT2D eigenvalue weighted by molar-refractivity contribution is -0.215. The summed E-state index contributed by atoms with van der Waals surface area (Å²) in [5.41, 5.74) is 0. The maximum absolute atomic E-state index is 11.4. The first kappa shape index (κ1) is 11.4. The monoisotopic (exact) mass is 203 g/mol. The number of carbonyl (C=O) groups excluding carboxylic acids is 1. The van der Waals surface area contributed by atoms with E-state index >= 15 is 0 Å². The van der Waals surface area contributed by atoms with Crippen molar-refractivity contribution < 1.29 is 19.1 Å². The first-order valence-electron chi connectivity index (χ1n) is 4.85. The van der Waals surface area contributed by atoms with Gasteiger partial charge in [0.1, 0.15) is 0 Å². The van der Waals surface area contributed by atoms with Gasteiger partial charge in [0.25, 0.3) is 0 Å². The van der Waals surface area contributed by atoms with E-state index in [4.69, 9.17) is 14.3 Å². The minimum atomic E-state index is -0.460. The van der Waals surface area contributed by atoms with Crippen LogP contribution in [0.15, 0.2) is 0 Å². The quantitative estimate of drug-likeness (QED) is 0.653. The van der Waals surface area contributed by atoms with Crippen LogP contribution in [0.2, 0.25) is 0 Å². The molecule has 0 amide bonds. The zero-order chi connectivity index (χ0) is 10.4. The Balaban J connectivity index is 2.30. The highest BCUT2D eigenvalue weighted by molar-refractivity contribution is 5.74. The summed E-state index contributed by atoms with van der Waals surface area (Å²) >= 11 is 0. The van der Waals surface area contributed by atoms with E-state index in [1.54, 1.807) is 5.06 Å². The molecule has 0 radical (unpaired) electrons. The Morgan fingerprint density at radius 3 is 2.64 bits per heavy atom. The fourth-order valence-electron chi connectivity index (χ4n) is 1.25. The van der Waals surface area contributed by atoms with Crippen molar-refractivity contribution in [3.05, 3.63) is 0 Å². The van der Waals surface area contributed by atoms with Gasteiger partial charge >= 0.3 is 5.97 Å². The molecule has 1 heterocycles. The molecule has 0 aromatic rings. The molecule has 1 aliphatic rings. The second-order valence-corrected chi connectivity index (χ2v) is 3.08. The molecule has 1 unspecified atom stereocenters. The van der Waals surface area contributed by atoms with Gasteiger partial charge in [-0.1, -0.05) is 6.92 Å². The molecule has 1 saturated heterocycles. The minimum absolute atomic E-state index is 0.322. The van der Waals surface area contributed by atoms with Crippen molar-refractivity contribution in [1.29, 1.82) is 0 Å². The van der Waals surface area contributed by atoms with Crippen molar-refractivity contribution in [3.63, 3.8) is 0 Å². The second kappa shape index (κ2) is 5.95. The number of carbonyl (C=O) groups is 1. The molecule has 5 nitrogen and oxygen atoms in total. The fourth-order valence-corrected chi connectivity index (χ4v) is 1.25. The molecule has 1 atom stereocenters. The smallest absolute Gasteiger partial charge is 0.354 e. The zero-order valence-electron chi connectivity index (χ0n) is 8.69. The standard InChI is InChI=1S/C9H17NO4/c1-3-8(12-2)9(11)14-10-4-6-13-7-5-10/h8H,3-7H2,1-2H3. The van der Waals surface area contributed by atoms with Gasteiger partial charge in [-0.05, 0) is 6.42 Å². The van der Waals surface area contributed by atoms with Crippen LogP contribution in [0.5, 0.6) is 0 Å². The summed E-state index contributed by atoms with van der Waals surface area (Å²) < 4.78 is 10.1. The van der Waals surface area contributed by atoms with E-state index in [-0.39, 0.29) is 5.97 Å². The Morgan fingerprint density at radius 1 is 1.50 bits per heavy atom. The van der Waals surface area contributed by atoms with E-state index < -0.39 is 6.10 Å². The Bertz CT molecular complexity index is 176. The van der Waals surface area contributed by atoms with E-state index in [2.05, 4.69) is 0 Å². The van der Waals surface area contributed by atoms with Crippen LogP contribution < -0.4 is 0 Å². The summed E-state index contributed by atoms with van der Waals surface area (Å²) in [5, 5.41) is 1.62. The number of hydrogen-bond acceptors (Lipinski definition) is 5. The van der Waals surface area contributed by atoms with E-state index in [1.165, 1.54) is 7.11 Å². The molecule has 0 saturated carbocycles. The predicted molar refractivity (Wildman–Crippen MR) is 49.6 cm³/mol. The lowest BCUT2D eigenvalue weighted by Gasteiger charge is -2.26. The average Bonchev–Trinajstić information content (AvgIpc) is 2.21. The Kier molecular flexibility index (Phi) is 4.86. The lowest BCUT2D eigenvalue weighted by Crippen LogP contribution is -2.40. The third-order valence-electron chi connectivity index (χ3n) is 2.11. The topological polar surface area (TPSA) is 48.0 Å². The molecule has 14 heavy (non-hydrogen) atoms. The maximum Gasteiger partial charge on any atom is 0.354 e. The van der Waals surface area contributed by atoms with Crippen molar-refractivity contribution >= 4 is 5.97 Å². The predicted octanol–water partition coefficient (Wildman–Crippen LogP) is 0.202. The van der Waals surface area contributed by atoms with Gasteiger partial charge in [-0.2, -0.15) is 0 Å². The number of hydrogen-bond donors (Lipinski definition) is 0. The van der Waals surface area contributed by atoms with Gasteiger partial charge in [-0.15, -0.1) is 5.06 Å². The van der Waals surface area contributed by atoms with Crippen molar-refractivity contribution in [2.45, 2.75) is 19.4 Å². The molecule has 0 bridgehead atoms. The van der Waals surface area contributed by atoms with Crippen LogP contribution in [0.1, 0.15) is 13.3 Å². The molecule has 0 spiro atoms. The highest BCUT2D eigenvalue weighted by Gasteiger charge is 2.21. The van der Waals surface area contributed by atoms with E-state index in [0.29, 0.717) is 32.7 Å². The molecular formula is C9H17NO4. The summed E-state index contributed by atoms with van der Waals surface area (Å²) in [5.74, 6) is -0.322. The molecule has 0 aromatic carbocycles. The van der Waals surface area contributed by atoms with E-state index in [9.17, 15) is 4.79 Å². The van der Waals surface area contributed by atoms with Gasteiger partial charge < -0.3 is 14.3 Å². The molecule has 82 valence electrons. The van der Waals surface area contributed by atoms with Gasteiger partial charge in [0.05, 0.1) is 26.3 Å². The number of hydroxylamine groups is 2. The van der Waals surface area contributed by atoms with Crippen LogP contribution in [0.4, 0.5) is 0 Å². The van der Waals surface area contributed by atoms with Gasteiger partial charge in [0, 0.05) is 7.11 Å². The summed E-state index contributed by atoms with van der Waals surface area (Å²) in [4.78, 5) is 16.6. The van der Waals surface area contributed by atoms with Crippen LogP contribution in [-0.4, -0.2) is 50.5 Å². The first-order valence-corrected chi connectivity index (χ1v) is 4.85. The molecular weight excluding hydrogens is 186 g/mol. The van der Waals surface area contributed by atoms with E-state index in [1.807, 2.05) is 6.92 Å². The van der Waals surface area contributed by atoms with Gasteiger partial charge in [-0.3, -0.25) is 0 Å². The highest BCUT2D eigenvalue weighted by atomic mass is 16.7. The van der Waals surface area contributed by atoms with E-state index in [0.717, 1.165) is 0 Å². The number of methoxy groups -OCH3 is 1. The summed E-state index contributed by atoms with van der Waals surface area (Å²) in [7, 11) is 1.51. The zero-order valence-corrected chi connectivity index (χ0v) is 8.69. The Morgan fingerprint density at radius 2 is 2.14 bits per heavy atom. The molecule has 1 aliphatic heterocycles. The van der Waals surface area contributed by atoms with Crippen molar-refractivity contribution in [2.75, 3.05) is 33.4 Å². The molecule has 0 aliphatic carbocycles. The van der Waals surface area contributed by atoms with Crippen LogP contribution in [0.25, 0.3) is 0 Å². The summed E-state index contributed by atoms with van der Waals surface area (Å²) in [6.45, 7) is 4.36. The number of ether oxygens (including phenoxy) is 2. The maximum atomic E-state index is 11.4. The third kappa shape index (κ3) is 3.25. The van der Waals surface area contributed by atoms with Crippen LogP contribution in [0, 0.1) is 0 Å². The normalized spacial score (nSPS) is 20.4.